The first-order valence-corrected chi connectivity index (χ1v) is 7.12. The van der Waals surface area contributed by atoms with Crippen LogP contribution in [0.15, 0.2) is 11.5 Å². The number of nitrogens with two attached hydrogens (primary N) is 1. The number of aromatic nitrogens is 3. The highest BCUT2D eigenvalue weighted by molar-refractivity contribution is 7.99. The number of carboxylic acid groups (broad SMARTS) is 1. The van der Waals surface area contributed by atoms with Gasteiger partial charge >= 0.3 is 5.97 Å². The molecule has 10 heteroatoms. The summed E-state index contributed by atoms with van der Waals surface area (Å²) in [5.41, 5.74) is 4.93. The number of hydrogen-bond acceptors (Lipinski definition) is 6. The maximum absolute atomic E-state index is 11.7. The van der Waals surface area contributed by atoms with Crippen LogP contribution in [0, 0.1) is 0 Å². The van der Waals surface area contributed by atoms with Gasteiger partial charge in [0.05, 0.1) is 12.2 Å². The van der Waals surface area contributed by atoms with Gasteiger partial charge in [-0.1, -0.05) is 11.8 Å². The first kappa shape index (κ1) is 17.0. The fraction of sp³-hybridized carbons (Fsp3) is 0.545. The van der Waals surface area contributed by atoms with Crippen molar-refractivity contribution >= 4 is 29.5 Å². The van der Waals surface area contributed by atoms with E-state index in [0.717, 1.165) is 11.8 Å². The number of nitrogens with zero attached hydrogens (tertiary/aromatic N) is 3. The molecule has 0 spiro atoms. The molecule has 0 radical (unpaired) electrons. The SMILES string of the molecule is CC(C)n1cnnc1SCC(=O)N[C@@H](CC(N)=O)C(=O)O. The van der Waals surface area contributed by atoms with Crippen molar-refractivity contribution < 1.29 is 19.5 Å². The number of carbonyl (C=O) groups is 3. The van der Waals surface area contributed by atoms with Gasteiger partial charge in [0.2, 0.25) is 11.8 Å². The van der Waals surface area contributed by atoms with E-state index in [-0.39, 0.29) is 11.8 Å². The predicted molar refractivity (Wildman–Crippen MR) is 74.5 cm³/mol. The molecule has 9 nitrogen and oxygen atoms in total. The Labute approximate surface area is 125 Å². The van der Waals surface area contributed by atoms with Crippen LogP contribution in [-0.4, -0.2) is 49.4 Å². The van der Waals surface area contributed by atoms with E-state index >= 15 is 0 Å². The molecule has 1 aromatic rings. The van der Waals surface area contributed by atoms with Gasteiger partial charge in [-0.05, 0) is 13.8 Å². The van der Waals surface area contributed by atoms with Gasteiger partial charge in [-0.3, -0.25) is 9.59 Å². The molecule has 21 heavy (non-hydrogen) atoms. The highest BCUT2D eigenvalue weighted by Crippen LogP contribution is 2.18. The maximum atomic E-state index is 11.7. The molecule has 1 heterocycles. The third-order valence-corrected chi connectivity index (χ3v) is 3.42. The highest BCUT2D eigenvalue weighted by Gasteiger charge is 2.22. The Morgan fingerprint density at radius 1 is 1.48 bits per heavy atom. The second-order valence-electron chi connectivity index (χ2n) is 4.53. The third-order valence-electron chi connectivity index (χ3n) is 2.47. The normalized spacial score (nSPS) is 12.1. The number of carbonyl (C=O) groups excluding carboxylic acids is 2. The van der Waals surface area contributed by atoms with Gasteiger partial charge < -0.3 is 20.7 Å². The molecule has 0 bridgehead atoms. The molecule has 1 aromatic heterocycles. The Bertz CT molecular complexity index is 530. The van der Waals surface area contributed by atoms with Crippen LogP contribution in [-0.2, 0) is 14.4 Å². The number of amides is 2. The molecule has 116 valence electrons. The molecule has 0 aliphatic rings. The summed E-state index contributed by atoms with van der Waals surface area (Å²) in [6.45, 7) is 3.89. The van der Waals surface area contributed by atoms with Crippen molar-refractivity contribution in [1.82, 2.24) is 20.1 Å². The lowest BCUT2D eigenvalue weighted by Gasteiger charge is -2.13. The van der Waals surface area contributed by atoms with Crippen molar-refractivity contribution in [3.8, 4) is 0 Å². The highest BCUT2D eigenvalue weighted by atomic mass is 32.2. The lowest BCUT2D eigenvalue weighted by Crippen LogP contribution is -2.44. The minimum absolute atomic E-state index is 0.0338. The van der Waals surface area contributed by atoms with E-state index in [1.165, 1.54) is 0 Å². The maximum Gasteiger partial charge on any atom is 0.326 e. The summed E-state index contributed by atoms with van der Waals surface area (Å²) in [5, 5.41) is 19.3. The van der Waals surface area contributed by atoms with Crippen molar-refractivity contribution in [3.63, 3.8) is 0 Å². The molecule has 0 saturated carbocycles. The number of thioether (sulfide) groups is 1. The zero-order valence-corrected chi connectivity index (χ0v) is 12.5. The van der Waals surface area contributed by atoms with Gasteiger partial charge in [-0.15, -0.1) is 10.2 Å². The molecule has 0 fully saturated rings. The summed E-state index contributed by atoms with van der Waals surface area (Å²) < 4.78 is 1.79. The second-order valence-corrected chi connectivity index (χ2v) is 5.47. The lowest BCUT2D eigenvalue weighted by molar-refractivity contribution is -0.143. The molecule has 0 unspecified atom stereocenters. The van der Waals surface area contributed by atoms with Crippen molar-refractivity contribution in [2.24, 2.45) is 5.73 Å². The van der Waals surface area contributed by atoms with Crippen LogP contribution in [0.25, 0.3) is 0 Å². The summed E-state index contributed by atoms with van der Waals surface area (Å²) in [6, 6.07) is -1.18. The van der Waals surface area contributed by atoms with E-state index in [2.05, 4.69) is 15.5 Å². The van der Waals surface area contributed by atoms with Gasteiger partial charge in [0.1, 0.15) is 12.4 Å². The monoisotopic (exact) mass is 315 g/mol. The molecule has 0 saturated heterocycles. The number of rotatable bonds is 8. The smallest absolute Gasteiger partial charge is 0.326 e. The van der Waals surface area contributed by atoms with Crippen molar-refractivity contribution in [2.75, 3.05) is 5.75 Å². The number of aliphatic carboxylic acids is 1. The fourth-order valence-corrected chi connectivity index (χ4v) is 2.31. The van der Waals surface area contributed by atoms with Gasteiger partial charge in [-0.25, -0.2) is 4.79 Å². The Kier molecular flexibility index (Phi) is 6.15. The van der Waals surface area contributed by atoms with Crippen molar-refractivity contribution in [3.05, 3.63) is 6.33 Å². The molecular weight excluding hydrogens is 298 g/mol. The fourth-order valence-electron chi connectivity index (χ4n) is 1.46. The number of nitrogens with one attached hydrogen (secondary N) is 1. The second kappa shape index (κ2) is 7.62. The lowest BCUT2D eigenvalue weighted by atomic mass is 10.2. The van der Waals surface area contributed by atoms with E-state index < -0.39 is 30.2 Å². The predicted octanol–water partition coefficient (Wildman–Crippen LogP) is -0.604. The molecule has 4 N–H and O–H groups in total. The van der Waals surface area contributed by atoms with Crippen LogP contribution < -0.4 is 11.1 Å². The Morgan fingerprint density at radius 3 is 2.67 bits per heavy atom. The summed E-state index contributed by atoms with van der Waals surface area (Å²) in [4.78, 5) is 33.3. The van der Waals surface area contributed by atoms with E-state index in [1.54, 1.807) is 10.9 Å². The van der Waals surface area contributed by atoms with Crippen molar-refractivity contribution in [1.29, 1.82) is 0 Å². The molecule has 1 rings (SSSR count). The number of hydrogen-bond donors (Lipinski definition) is 3. The van der Waals surface area contributed by atoms with Gasteiger partial charge in [0.25, 0.3) is 0 Å². The van der Waals surface area contributed by atoms with Gasteiger partial charge in [0, 0.05) is 6.04 Å². The van der Waals surface area contributed by atoms with Crippen molar-refractivity contribution in [2.45, 2.75) is 37.5 Å². The van der Waals surface area contributed by atoms with Crippen LogP contribution in [0.3, 0.4) is 0 Å². The van der Waals surface area contributed by atoms with Crippen LogP contribution in [0.4, 0.5) is 0 Å². The van der Waals surface area contributed by atoms with Gasteiger partial charge in [0.15, 0.2) is 5.16 Å². The van der Waals surface area contributed by atoms with E-state index in [1.807, 2.05) is 13.8 Å². The molecule has 0 aromatic carbocycles. The van der Waals surface area contributed by atoms with E-state index in [9.17, 15) is 14.4 Å². The van der Waals surface area contributed by atoms with Crippen LogP contribution in [0.5, 0.6) is 0 Å². The molecule has 2 amide bonds. The standard InChI is InChI=1S/C11H17N5O4S/c1-6(2)16-5-13-15-11(16)21-4-9(18)14-7(10(19)20)3-8(12)17/h5-7H,3-4H2,1-2H3,(H2,12,17)(H,14,18)(H,19,20)/t7-/m0/s1. The average Bonchev–Trinajstić information content (AvgIpc) is 2.83. The Hall–Kier alpha value is -2.10. The Morgan fingerprint density at radius 2 is 2.14 bits per heavy atom. The quantitative estimate of drug-likeness (QED) is 0.544. The zero-order chi connectivity index (χ0) is 16.0. The van der Waals surface area contributed by atoms with Crippen LogP contribution in [0.2, 0.25) is 0 Å². The molecule has 0 aliphatic carbocycles. The summed E-state index contributed by atoms with van der Waals surface area (Å²) >= 11 is 1.13. The topological polar surface area (TPSA) is 140 Å². The molecule has 0 aliphatic heterocycles. The minimum Gasteiger partial charge on any atom is -0.480 e. The van der Waals surface area contributed by atoms with Crippen LogP contribution in [0.1, 0.15) is 26.3 Å². The number of primary amides is 1. The zero-order valence-electron chi connectivity index (χ0n) is 11.6. The summed E-state index contributed by atoms with van der Waals surface area (Å²) in [6.07, 6.45) is 1.10. The first-order chi connectivity index (χ1) is 9.81. The Balaban J connectivity index is 2.55. The molecule has 1 atom stereocenters. The minimum atomic E-state index is -1.32. The van der Waals surface area contributed by atoms with Crippen LogP contribution >= 0.6 is 11.8 Å². The average molecular weight is 315 g/mol. The first-order valence-electron chi connectivity index (χ1n) is 6.14. The van der Waals surface area contributed by atoms with Gasteiger partial charge in [-0.2, -0.15) is 0 Å². The largest absolute Gasteiger partial charge is 0.480 e. The summed E-state index contributed by atoms with van der Waals surface area (Å²) in [5.74, 6) is -2.66. The number of carboxylic acids is 1. The summed E-state index contributed by atoms with van der Waals surface area (Å²) in [7, 11) is 0. The third kappa shape index (κ3) is 5.42. The van der Waals surface area contributed by atoms with E-state index in [4.69, 9.17) is 10.8 Å². The van der Waals surface area contributed by atoms with E-state index in [0.29, 0.717) is 5.16 Å². The molecular formula is C11H17N5O4S.